The van der Waals surface area contributed by atoms with Crippen molar-refractivity contribution in [3.63, 3.8) is 0 Å². The number of benzene rings is 2. The summed E-state index contributed by atoms with van der Waals surface area (Å²) in [6, 6.07) is 13.9. The molecule has 0 amide bonds. The molecule has 1 N–H and O–H groups in total. The number of aromatic hydroxyl groups is 1. The standard InChI is InChI=1S/C18H29O6P.C10H12O3/c1-4-21-18(19)15-16-9-11-17(12-10-16)22-13-7-8-14-25(20,23-5-2)24-6-3;1-2-13-10(12)7-8-3-5-9(11)6-4-8/h9-12H,4-8,13-15H2,1-3H3;3-6,11H,2,7H2,1H3. The van der Waals surface area contributed by atoms with Crippen molar-refractivity contribution in [2.45, 2.75) is 53.4 Å². The van der Waals surface area contributed by atoms with E-state index >= 15 is 0 Å². The Hall–Kier alpha value is -2.87. The van der Waals surface area contributed by atoms with E-state index in [-0.39, 0.29) is 30.5 Å². The van der Waals surface area contributed by atoms with Gasteiger partial charge in [0, 0.05) is 0 Å². The summed E-state index contributed by atoms with van der Waals surface area (Å²) in [6.45, 7) is 9.25. The maximum Gasteiger partial charge on any atom is 0.330 e. The lowest BCUT2D eigenvalue weighted by Crippen LogP contribution is -2.07. The number of phenolic OH excluding ortho intramolecular Hbond substituents is 1. The van der Waals surface area contributed by atoms with Crippen LogP contribution in [0, 0.1) is 0 Å². The van der Waals surface area contributed by atoms with Gasteiger partial charge in [0.1, 0.15) is 11.5 Å². The van der Waals surface area contributed by atoms with Gasteiger partial charge in [0.2, 0.25) is 0 Å². The van der Waals surface area contributed by atoms with Gasteiger partial charge in [-0.05, 0) is 75.9 Å². The maximum atomic E-state index is 12.3. The van der Waals surface area contributed by atoms with Gasteiger partial charge in [-0.3, -0.25) is 14.2 Å². The van der Waals surface area contributed by atoms with Gasteiger partial charge in [-0.1, -0.05) is 24.3 Å². The molecule has 0 unspecified atom stereocenters. The molecule has 0 radical (unpaired) electrons. The SMILES string of the molecule is CCOC(=O)Cc1ccc(O)cc1.CCOC(=O)Cc1ccc(OCCCCP(=O)(OCC)OCC)cc1. The summed E-state index contributed by atoms with van der Waals surface area (Å²) >= 11 is 0. The van der Waals surface area contributed by atoms with Crippen molar-refractivity contribution in [3.05, 3.63) is 59.7 Å². The maximum absolute atomic E-state index is 12.3. The van der Waals surface area contributed by atoms with Crippen LogP contribution in [-0.4, -0.2) is 56.2 Å². The van der Waals surface area contributed by atoms with E-state index < -0.39 is 7.60 Å². The van der Waals surface area contributed by atoms with Crippen LogP contribution in [0.25, 0.3) is 0 Å². The Labute approximate surface area is 225 Å². The van der Waals surface area contributed by atoms with Crippen LogP contribution < -0.4 is 4.74 Å². The van der Waals surface area contributed by atoms with Crippen LogP contribution in [0.2, 0.25) is 0 Å². The van der Waals surface area contributed by atoms with E-state index in [4.69, 9.17) is 28.4 Å². The fraction of sp³-hybridized carbons (Fsp3) is 0.500. The van der Waals surface area contributed by atoms with Crippen LogP contribution in [0.1, 0.15) is 51.7 Å². The molecule has 10 heteroatoms. The average molecular weight is 553 g/mol. The van der Waals surface area contributed by atoms with Crippen molar-refractivity contribution in [1.29, 1.82) is 0 Å². The Morgan fingerprint density at radius 3 is 1.63 bits per heavy atom. The molecule has 0 aliphatic rings. The lowest BCUT2D eigenvalue weighted by atomic mass is 10.1. The minimum absolute atomic E-state index is 0.201. The van der Waals surface area contributed by atoms with Crippen molar-refractivity contribution in [1.82, 2.24) is 0 Å². The smallest absolute Gasteiger partial charge is 0.330 e. The molecule has 0 spiro atoms. The van der Waals surface area contributed by atoms with E-state index in [0.717, 1.165) is 23.3 Å². The molecule has 212 valence electrons. The summed E-state index contributed by atoms with van der Waals surface area (Å²) in [5.41, 5.74) is 1.73. The summed E-state index contributed by atoms with van der Waals surface area (Å²) in [6.07, 6.45) is 2.38. The Morgan fingerprint density at radius 2 is 1.18 bits per heavy atom. The molecule has 0 bridgehead atoms. The largest absolute Gasteiger partial charge is 0.508 e. The molecule has 0 aliphatic heterocycles. The molecule has 0 aromatic heterocycles. The molecule has 2 aromatic carbocycles. The number of hydrogen-bond donors (Lipinski definition) is 1. The first-order valence-corrected chi connectivity index (χ1v) is 14.7. The van der Waals surface area contributed by atoms with E-state index in [0.29, 0.717) is 45.6 Å². The summed E-state index contributed by atoms with van der Waals surface area (Å²) in [4.78, 5) is 22.4. The van der Waals surface area contributed by atoms with Crippen molar-refractivity contribution in [2.24, 2.45) is 0 Å². The van der Waals surface area contributed by atoms with E-state index in [1.807, 2.05) is 24.3 Å². The summed E-state index contributed by atoms with van der Waals surface area (Å²) in [5.74, 6) is 0.468. The van der Waals surface area contributed by atoms with Crippen LogP contribution in [0.3, 0.4) is 0 Å². The Morgan fingerprint density at radius 1 is 0.711 bits per heavy atom. The number of rotatable bonds is 16. The van der Waals surface area contributed by atoms with Crippen LogP contribution >= 0.6 is 7.60 Å². The molecule has 0 heterocycles. The third-order valence-electron chi connectivity index (χ3n) is 4.91. The molecule has 9 nitrogen and oxygen atoms in total. The van der Waals surface area contributed by atoms with Gasteiger partial charge >= 0.3 is 19.5 Å². The van der Waals surface area contributed by atoms with E-state index in [9.17, 15) is 14.2 Å². The van der Waals surface area contributed by atoms with E-state index in [1.54, 1.807) is 52.0 Å². The predicted molar refractivity (Wildman–Crippen MR) is 146 cm³/mol. The zero-order chi connectivity index (χ0) is 28.2. The van der Waals surface area contributed by atoms with Gasteiger partial charge in [-0.2, -0.15) is 0 Å². The van der Waals surface area contributed by atoms with Crippen LogP contribution in [0.4, 0.5) is 0 Å². The molecule has 0 saturated carbocycles. The second-order valence-corrected chi connectivity index (χ2v) is 10.2. The molecule has 0 aliphatic carbocycles. The molecular formula is C28H41O9P. The molecule has 0 saturated heterocycles. The molecule has 0 fully saturated rings. The number of carbonyl (C=O) groups excluding carboxylic acids is 2. The normalized spacial score (nSPS) is 10.7. The first-order valence-electron chi connectivity index (χ1n) is 12.9. The molecule has 38 heavy (non-hydrogen) atoms. The minimum Gasteiger partial charge on any atom is -0.508 e. The topological polar surface area (TPSA) is 118 Å². The first-order chi connectivity index (χ1) is 18.2. The van der Waals surface area contributed by atoms with Crippen LogP contribution in [0.5, 0.6) is 11.5 Å². The van der Waals surface area contributed by atoms with Crippen molar-refractivity contribution in [3.8, 4) is 11.5 Å². The highest BCUT2D eigenvalue weighted by Gasteiger charge is 2.22. The second-order valence-electron chi connectivity index (χ2n) is 8.00. The van der Waals surface area contributed by atoms with Crippen molar-refractivity contribution >= 4 is 19.5 Å². The third-order valence-corrected chi connectivity index (χ3v) is 7.08. The summed E-state index contributed by atoms with van der Waals surface area (Å²) in [5, 5.41) is 8.98. The number of unbranched alkanes of at least 4 members (excludes halogenated alkanes) is 1. The van der Waals surface area contributed by atoms with Crippen LogP contribution in [0.15, 0.2) is 48.5 Å². The van der Waals surface area contributed by atoms with Gasteiger partial charge in [0.05, 0.1) is 52.0 Å². The molecule has 2 rings (SSSR count). The van der Waals surface area contributed by atoms with Crippen molar-refractivity contribution in [2.75, 3.05) is 39.2 Å². The highest BCUT2D eigenvalue weighted by Crippen LogP contribution is 2.48. The fourth-order valence-corrected chi connectivity index (χ4v) is 4.96. The van der Waals surface area contributed by atoms with Crippen LogP contribution in [-0.2, 0) is 45.5 Å². The van der Waals surface area contributed by atoms with Gasteiger partial charge < -0.3 is 28.4 Å². The zero-order valence-corrected chi connectivity index (χ0v) is 23.7. The second kappa shape index (κ2) is 19.2. The number of ether oxygens (including phenoxy) is 3. The molecule has 0 atom stereocenters. The zero-order valence-electron chi connectivity index (χ0n) is 22.9. The van der Waals surface area contributed by atoms with Gasteiger partial charge in [0.15, 0.2) is 0 Å². The minimum atomic E-state index is -2.96. The van der Waals surface area contributed by atoms with E-state index in [2.05, 4.69) is 0 Å². The van der Waals surface area contributed by atoms with Gasteiger partial charge in [0.25, 0.3) is 0 Å². The van der Waals surface area contributed by atoms with Crippen molar-refractivity contribution < 1.29 is 42.5 Å². The quantitative estimate of drug-likeness (QED) is 0.159. The first kappa shape index (κ1) is 33.2. The Balaban J connectivity index is 0.000000464. The lowest BCUT2D eigenvalue weighted by molar-refractivity contribution is -0.143. The van der Waals surface area contributed by atoms with Gasteiger partial charge in [-0.25, -0.2) is 0 Å². The number of esters is 2. The number of hydrogen-bond acceptors (Lipinski definition) is 9. The highest BCUT2D eigenvalue weighted by molar-refractivity contribution is 7.53. The lowest BCUT2D eigenvalue weighted by Gasteiger charge is -2.16. The number of carbonyl (C=O) groups is 2. The monoisotopic (exact) mass is 552 g/mol. The summed E-state index contributed by atoms with van der Waals surface area (Å²) in [7, 11) is -2.96. The van der Waals surface area contributed by atoms with Gasteiger partial charge in [-0.15, -0.1) is 0 Å². The number of phenols is 1. The average Bonchev–Trinajstić information content (AvgIpc) is 2.87. The molecular weight excluding hydrogens is 511 g/mol. The Bertz CT molecular complexity index is 965. The summed E-state index contributed by atoms with van der Waals surface area (Å²) < 4.78 is 38.2. The highest BCUT2D eigenvalue weighted by atomic mass is 31.2. The molecule has 2 aromatic rings. The third kappa shape index (κ3) is 14.8. The van der Waals surface area contributed by atoms with E-state index in [1.165, 1.54) is 0 Å². The Kier molecular flexibility index (Phi) is 16.8. The predicted octanol–water partition coefficient (Wildman–Crippen LogP) is 5.72. The fourth-order valence-electron chi connectivity index (χ4n) is 3.23.